The summed E-state index contributed by atoms with van der Waals surface area (Å²) in [5, 5.41) is 5.82. The first kappa shape index (κ1) is 24.3. The number of furan rings is 1. The molecular formula is C28H25ClN2O4S. The van der Waals surface area contributed by atoms with Crippen LogP contribution in [0.1, 0.15) is 33.7 Å². The molecule has 1 unspecified atom stereocenters. The summed E-state index contributed by atoms with van der Waals surface area (Å²) in [6.45, 7) is 0.573. The highest BCUT2D eigenvalue weighted by molar-refractivity contribution is 7.92. The number of amides is 1. The molecule has 6 nitrogen and oxygen atoms in total. The Kier molecular flexibility index (Phi) is 6.96. The minimum atomic E-state index is -3.61. The summed E-state index contributed by atoms with van der Waals surface area (Å²) in [7, 11) is -3.61. The number of para-hydroxylation sites is 1. The fourth-order valence-corrected chi connectivity index (χ4v) is 5.75. The fourth-order valence-electron chi connectivity index (χ4n) is 4.37. The molecule has 8 heteroatoms. The third-order valence-electron chi connectivity index (χ3n) is 6.25. The van der Waals surface area contributed by atoms with Crippen molar-refractivity contribution in [2.45, 2.75) is 18.9 Å². The van der Waals surface area contributed by atoms with Crippen LogP contribution in [0, 0.1) is 0 Å². The SMILES string of the molecule is O=C(NC1CCN(S(=O)(=O)/C=C/c2ccc(Cl)cc2)C1)c1ccccc1Cc1cc2ccccc2o1. The first-order chi connectivity index (χ1) is 17.4. The maximum Gasteiger partial charge on any atom is 0.251 e. The molecule has 1 saturated heterocycles. The van der Waals surface area contributed by atoms with Gasteiger partial charge in [0, 0.05) is 46.9 Å². The van der Waals surface area contributed by atoms with Crippen LogP contribution in [0.25, 0.3) is 17.0 Å². The highest BCUT2D eigenvalue weighted by Gasteiger charge is 2.31. The third-order valence-corrected chi connectivity index (χ3v) is 8.04. The van der Waals surface area contributed by atoms with Crippen molar-refractivity contribution in [1.82, 2.24) is 9.62 Å². The Hall–Kier alpha value is -3.39. The number of benzene rings is 3. The zero-order chi connectivity index (χ0) is 25.1. The number of carbonyl (C=O) groups is 1. The van der Waals surface area contributed by atoms with E-state index in [0.717, 1.165) is 27.9 Å². The molecule has 0 aliphatic carbocycles. The van der Waals surface area contributed by atoms with Gasteiger partial charge in [0.2, 0.25) is 10.0 Å². The number of fused-ring (bicyclic) bond motifs is 1. The van der Waals surface area contributed by atoms with Crippen LogP contribution >= 0.6 is 11.6 Å². The molecule has 0 radical (unpaired) electrons. The maximum atomic E-state index is 13.1. The molecule has 1 atom stereocenters. The van der Waals surface area contributed by atoms with E-state index in [9.17, 15) is 13.2 Å². The van der Waals surface area contributed by atoms with Crippen LogP contribution in [0.5, 0.6) is 0 Å². The lowest BCUT2D eigenvalue weighted by Crippen LogP contribution is -2.38. The summed E-state index contributed by atoms with van der Waals surface area (Å²) in [5.74, 6) is 0.560. The summed E-state index contributed by atoms with van der Waals surface area (Å²) in [6.07, 6.45) is 2.58. The molecule has 5 rings (SSSR count). The summed E-state index contributed by atoms with van der Waals surface area (Å²) >= 11 is 5.88. The van der Waals surface area contributed by atoms with Crippen molar-refractivity contribution < 1.29 is 17.6 Å². The Morgan fingerprint density at radius 1 is 1.06 bits per heavy atom. The molecule has 4 aromatic rings. The van der Waals surface area contributed by atoms with E-state index in [-0.39, 0.29) is 18.5 Å². The van der Waals surface area contributed by atoms with E-state index < -0.39 is 10.0 Å². The predicted molar refractivity (Wildman–Crippen MR) is 142 cm³/mol. The Labute approximate surface area is 215 Å². The topological polar surface area (TPSA) is 79.6 Å². The van der Waals surface area contributed by atoms with Crippen LogP contribution in [-0.2, 0) is 16.4 Å². The lowest BCUT2D eigenvalue weighted by atomic mass is 10.0. The first-order valence-corrected chi connectivity index (χ1v) is 13.6. The van der Waals surface area contributed by atoms with Crippen molar-refractivity contribution in [3.63, 3.8) is 0 Å². The largest absolute Gasteiger partial charge is 0.461 e. The molecule has 1 fully saturated rings. The average Bonchev–Trinajstić information content (AvgIpc) is 3.51. The lowest BCUT2D eigenvalue weighted by Gasteiger charge is -2.16. The van der Waals surface area contributed by atoms with Crippen molar-refractivity contribution in [3.05, 3.63) is 112 Å². The van der Waals surface area contributed by atoms with Crippen LogP contribution in [0.15, 0.2) is 88.7 Å². The quantitative estimate of drug-likeness (QED) is 0.350. The van der Waals surface area contributed by atoms with Crippen molar-refractivity contribution in [3.8, 4) is 0 Å². The molecule has 0 saturated carbocycles. The van der Waals surface area contributed by atoms with Gasteiger partial charge in [-0.05, 0) is 54.0 Å². The van der Waals surface area contributed by atoms with Gasteiger partial charge >= 0.3 is 0 Å². The van der Waals surface area contributed by atoms with Gasteiger partial charge in [0.1, 0.15) is 11.3 Å². The Morgan fingerprint density at radius 3 is 2.61 bits per heavy atom. The van der Waals surface area contributed by atoms with Gasteiger partial charge in [-0.15, -0.1) is 0 Å². The number of halogens is 1. The number of hydrogen-bond donors (Lipinski definition) is 1. The molecule has 0 spiro atoms. The van der Waals surface area contributed by atoms with E-state index in [0.29, 0.717) is 30.0 Å². The minimum Gasteiger partial charge on any atom is -0.461 e. The number of hydrogen-bond acceptors (Lipinski definition) is 4. The second kappa shape index (κ2) is 10.3. The van der Waals surface area contributed by atoms with Crippen molar-refractivity contribution in [2.24, 2.45) is 0 Å². The molecule has 0 bridgehead atoms. The first-order valence-electron chi connectivity index (χ1n) is 11.7. The van der Waals surface area contributed by atoms with Gasteiger partial charge in [0.15, 0.2) is 0 Å². The van der Waals surface area contributed by atoms with Crippen molar-refractivity contribution >= 4 is 44.6 Å². The standard InChI is InChI=1S/C28H25ClN2O4S/c29-23-11-9-20(10-12-23)14-16-36(33,34)31-15-13-24(19-31)30-28(32)26-7-3-1-5-21(26)17-25-18-22-6-2-4-8-27(22)35-25/h1-12,14,16,18,24H,13,15,17,19H2,(H,30,32)/b16-14+. The molecule has 2 heterocycles. The second-order valence-electron chi connectivity index (χ2n) is 8.80. The van der Waals surface area contributed by atoms with Crippen molar-refractivity contribution in [2.75, 3.05) is 13.1 Å². The lowest BCUT2D eigenvalue weighted by molar-refractivity contribution is 0.0938. The summed E-state index contributed by atoms with van der Waals surface area (Å²) in [4.78, 5) is 13.1. The van der Waals surface area contributed by atoms with E-state index in [1.54, 1.807) is 36.4 Å². The molecule has 36 heavy (non-hydrogen) atoms. The Morgan fingerprint density at radius 2 is 1.81 bits per heavy atom. The zero-order valence-electron chi connectivity index (χ0n) is 19.4. The highest BCUT2D eigenvalue weighted by Crippen LogP contribution is 2.23. The van der Waals surface area contributed by atoms with Crippen LogP contribution in [-0.4, -0.2) is 37.8 Å². The van der Waals surface area contributed by atoms with Gasteiger partial charge in [0.05, 0.1) is 0 Å². The highest BCUT2D eigenvalue weighted by atomic mass is 35.5. The minimum absolute atomic E-state index is 0.220. The summed E-state index contributed by atoms with van der Waals surface area (Å²) < 4.78 is 32.9. The van der Waals surface area contributed by atoms with Gasteiger partial charge in [-0.1, -0.05) is 60.1 Å². The molecule has 3 aromatic carbocycles. The maximum absolute atomic E-state index is 13.1. The van der Waals surface area contributed by atoms with Gasteiger partial charge in [-0.3, -0.25) is 4.79 Å². The van der Waals surface area contributed by atoms with Crippen LogP contribution in [0.4, 0.5) is 0 Å². The van der Waals surface area contributed by atoms with Gasteiger partial charge < -0.3 is 9.73 Å². The van der Waals surface area contributed by atoms with Crippen LogP contribution in [0.2, 0.25) is 5.02 Å². The van der Waals surface area contributed by atoms with Gasteiger partial charge in [-0.25, -0.2) is 8.42 Å². The van der Waals surface area contributed by atoms with Crippen LogP contribution in [0.3, 0.4) is 0 Å². The average molecular weight is 521 g/mol. The number of rotatable bonds is 7. The van der Waals surface area contributed by atoms with Gasteiger partial charge in [-0.2, -0.15) is 4.31 Å². The molecule has 184 valence electrons. The fraction of sp³-hybridized carbons (Fsp3) is 0.179. The second-order valence-corrected chi connectivity index (χ2v) is 11.1. The molecule has 1 aliphatic rings. The smallest absolute Gasteiger partial charge is 0.251 e. The predicted octanol–water partition coefficient (Wildman–Crippen LogP) is 5.48. The molecule has 1 aromatic heterocycles. The molecule has 1 aliphatic heterocycles. The van der Waals surface area contributed by atoms with Gasteiger partial charge in [0.25, 0.3) is 5.91 Å². The zero-order valence-corrected chi connectivity index (χ0v) is 21.0. The third kappa shape index (κ3) is 5.54. The summed E-state index contributed by atoms with van der Waals surface area (Å²) in [6, 6.07) is 23.9. The van der Waals surface area contributed by atoms with E-state index in [1.807, 2.05) is 48.5 Å². The Balaban J connectivity index is 1.24. The normalized spacial score (nSPS) is 16.6. The van der Waals surface area contributed by atoms with Crippen molar-refractivity contribution in [1.29, 1.82) is 0 Å². The van der Waals surface area contributed by atoms with E-state index >= 15 is 0 Å². The summed E-state index contributed by atoms with van der Waals surface area (Å²) in [5.41, 5.74) is 2.96. The number of carbonyl (C=O) groups excluding carboxylic acids is 1. The number of sulfonamides is 1. The number of nitrogens with zero attached hydrogens (tertiary/aromatic N) is 1. The monoisotopic (exact) mass is 520 g/mol. The van der Waals surface area contributed by atoms with Crippen LogP contribution < -0.4 is 5.32 Å². The molecule has 1 N–H and O–H groups in total. The van der Waals surface area contributed by atoms with E-state index in [2.05, 4.69) is 5.32 Å². The Bertz CT molecular complexity index is 1490. The number of nitrogens with one attached hydrogen (secondary N) is 1. The molecular weight excluding hydrogens is 496 g/mol. The molecule has 1 amide bonds. The van der Waals surface area contributed by atoms with E-state index in [4.69, 9.17) is 16.0 Å². The van der Waals surface area contributed by atoms with E-state index in [1.165, 1.54) is 9.71 Å².